The molecular formula is C43H55N3O6. The van der Waals surface area contributed by atoms with Gasteiger partial charge in [0.2, 0.25) is 0 Å². The van der Waals surface area contributed by atoms with E-state index in [1.807, 2.05) is 65.0 Å². The number of fused-ring (bicyclic) bond motifs is 1. The van der Waals surface area contributed by atoms with Gasteiger partial charge in [0.1, 0.15) is 23.0 Å². The van der Waals surface area contributed by atoms with Crippen molar-refractivity contribution in [2.45, 2.75) is 91.1 Å². The van der Waals surface area contributed by atoms with Gasteiger partial charge in [0.25, 0.3) is 0 Å². The van der Waals surface area contributed by atoms with E-state index in [0.29, 0.717) is 19.7 Å². The number of methoxy groups -OCH3 is 2. The van der Waals surface area contributed by atoms with E-state index >= 15 is 0 Å². The monoisotopic (exact) mass is 709 g/mol. The van der Waals surface area contributed by atoms with Crippen molar-refractivity contribution in [2.75, 3.05) is 38.8 Å². The number of hydrogen-bond donors (Lipinski definition) is 0. The molecule has 9 nitrogen and oxygen atoms in total. The van der Waals surface area contributed by atoms with Crippen molar-refractivity contribution in [3.8, 4) is 33.9 Å². The molecule has 0 radical (unpaired) electrons. The lowest BCUT2D eigenvalue weighted by Crippen LogP contribution is -2.45. The van der Waals surface area contributed by atoms with Crippen molar-refractivity contribution < 1.29 is 28.5 Å². The summed E-state index contributed by atoms with van der Waals surface area (Å²) in [5.74, 6) is 1.94. The Morgan fingerprint density at radius 1 is 1.02 bits per heavy atom. The van der Waals surface area contributed by atoms with E-state index in [1.165, 1.54) is 7.11 Å². The van der Waals surface area contributed by atoms with Crippen molar-refractivity contribution in [3.63, 3.8) is 0 Å². The molecule has 2 aromatic heterocycles. The van der Waals surface area contributed by atoms with Crippen LogP contribution in [-0.2, 0) is 19.0 Å². The van der Waals surface area contributed by atoms with Crippen molar-refractivity contribution in [1.29, 1.82) is 0 Å². The maximum absolute atomic E-state index is 13.6. The minimum absolute atomic E-state index is 0.0395. The highest BCUT2D eigenvalue weighted by molar-refractivity contribution is 5.83. The minimum atomic E-state index is -0.947. The summed E-state index contributed by atoms with van der Waals surface area (Å²) in [4.78, 5) is 21.2. The lowest BCUT2D eigenvalue weighted by Gasteiger charge is -2.41. The van der Waals surface area contributed by atoms with Gasteiger partial charge >= 0.3 is 5.97 Å². The fourth-order valence-electron chi connectivity index (χ4n) is 6.84. The van der Waals surface area contributed by atoms with Crippen LogP contribution in [0.4, 0.5) is 5.82 Å². The molecule has 1 aliphatic heterocycles. The minimum Gasteiger partial charge on any atom is -0.497 e. The fourth-order valence-corrected chi connectivity index (χ4v) is 6.84. The topological polar surface area (TPSA) is 83.8 Å². The molecule has 0 aliphatic carbocycles. The number of esters is 1. The number of imidazole rings is 1. The van der Waals surface area contributed by atoms with Gasteiger partial charge < -0.3 is 28.6 Å². The number of hydrogen-bond acceptors (Lipinski definition) is 8. The summed E-state index contributed by atoms with van der Waals surface area (Å²) < 4.78 is 32.2. The van der Waals surface area contributed by atoms with Crippen LogP contribution in [0.3, 0.4) is 0 Å². The van der Waals surface area contributed by atoms with Crippen LogP contribution < -0.4 is 14.4 Å². The molecule has 0 spiro atoms. The van der Waals surface area contributed by atoms with Crippen LogP contribution in [0.1, 0.15) is 76.7 Å². The number of rotatable bonds is 14. The number of benzene rings is 2. The first kappa shape index (κ1) is 38.6. The second kappa shape index (κ2) is 16.0. The molecule has 0 unspecified atom stereocenters. The molecule has 0 amide bonds. The lowest BCUT2D eigenvalue weighted by atomic mass is 9.92. The maximum atomic E-state index is 13.6. The second-order valence-corrected chi connectivity index (χ2v) is 14.9. The number of anilines is 1. The largest absolute Gasteiger partial charge is 0.497 e. The van der Waals surface area contributed by atoms with Gasteiger partial charge in [-0.1, -0.05) is 30.4 Å². The van der Waals surface area contributed by atoms with Crippen LogP contribution in [0.2, 0.25) is 0 Å². The van der Waals surface area contributed by atoms with E-state index in [9.17, 15) is 4.79 Å². The Hall–Kier alpha value is -4.60. The zero-order chi connectivity index (χ0) is 37.8. The van der Waals surface area contributed by atoms with Gasteiger partial charge in [-0.15, -0.1) is 13.2 Å². The molecule has 0 bridgehead atoms. The summed E-state index contributed by atoms with van der Waals surface area (Å²) in [6.45, 7) is 23.8. The molecule has 1 aliphatic rings. The molecule has 9 heteroatoms. The van der Waals surface area contributed by atoms with Crippen LogP contribution in [-0.4, -0.2) is 66.6 Å². The van der Waals surface area contributed by atoms with Crippen LogP contribution in [0, 0.1) is 13.8 Å². The summed E-state index contributed by atoms with van der Waals surface area (Å²) in [5, 5.41) is 0. The van der Waals surface area contributed by atoms with E-state index in [1.54, 1.807) is 13.2 Å². The van der Waals surface area contributed by atoms with Crippen molar-refractivity contribution >= 4 is 17.4 Å². The molecular weight excluding hydrogens is 654 g/mol. The molecule has 1 saturated heterocycles. The SMILES string of the molecule is C=CCOC1(C)CCN(c2c([C@H](OC(C)(C)C)C(=O)OC)c(C)c(C)c3nc(-c4cccc(-c5cc(OC)ccc5O[C@@H](C)CC=C)c4)cn23)CC1. The highest BCUT2D eigenvalue weighted by atomic mass is 16.6. The first-order valence-corrected chi connectivity index (χ1v) is 18.1. The number of carbonyl (C=O) groups excluding carboxylic acids is 1. The number of pyridine rings is 1. The number of carbonyl (C=O) groups is 1. The zero-order valence-electron chi connectivity index (χ0n) is 32.4. The Balaban J connectivity index is 1.68. The molecule has 52 heavy (non-hydrogen) atoms. The Kier molecular flexibility index (Phi) is 11.9. The average molecular weight is 710 g/mol. The molecule has 5 rings (SSSR count). The standard InChI is InChI=1S/C43H55N3O6/c1-12-15-28(3)51-36-19-18-33(48-10)26-34(36)31-16-14-17-32(25-31)35-27-46-39(44-35)30(5)29(4)37(38(41(47)49-11)52-42(6,7)8)40(46)45-22-20-43(9,21-23-45)50-24-13-2/h12-14,16-19,25-28,38H,1-2,15,20-24H2,3-11H3/t28-,38-/m0/s1. The Labute approximate surface area is 309 Å². The first-order valence-electron chi connectivity index (χ1n) is 18.1. The van der Waals surface area contributed by atoms with E-state index in [4.69, 9.17) is 28.7 Å². The Morgan fingerprint density at radius 2 is 1.73 bits per heavy atom. The Bertz CT molecular complexity index is 1910. The number of nitrogens with zero attached hydrogens (tertiary/aromatic N) is 3. The number of ether oxygens (including phenoxy) is 5. The number of aromatic nitrogens is 2. The fraction of sp³-hybridized carbons (Fsp3) is 0.442. The third-order valence-corrected chi connectivity index (χ3v) is 9.78. The highest BCUT2D eigenvalue weighted by Crippen LogP contribution is 2.42. The van der Waals surface area contributed by atoms with Gasteiger partial charge in [0, 0.05) is 42.4 Å². The van der Waals surface area contributed by atoms with E-state index in [0.717, 1.165) is 81.3 Å². The first-order chi connectivity index (χ1) is 24.7. The summed E-state index contributed by atoms with van der Waals surface area (Å²) in [7, 11) is 3.07. The molecule has 3 heterocycles. The second-order valence-electron chi connectivity index (χ2n) is 14.9. The molecule has 2 aromatic carbocycles. The maximum Gasteiger partial charge on any atom is 0.339 e. The third-order valence-electron chi connectivity index (χ3n) is 9.78. The van der Waals surface area contributed by atoms with Crippen LogP contribution in [0.15, 0.2) is 74.0 Å². The normalized spacial score (nSPS) is 15.6. The quantitative estimate of drug-likeness (QED) is 0.0947. The lowest BCUT2D eigenvalue weighted by molar-refractivity contribution is -0.164. The molecule has 278 valence electrons. The van der Waals surface area contributed by atoms with Crippen molar-refractivity contribution in [3.05, 3.63) is 90.7 Å². The third kappa shape index (κ3) is 8.37. The van der Waals surface area contributed by atoms with Crippen LogP contribution in [0.25, 0.3) is 28.0 Å². The van der Waals surface area contributed by atoms with Gasteiger partial charge in [0.05, 0.1) is 43.8 Å². The van der Waals surface area contributed by atoms with E-state index in [-0.39, 0.29) is 11.7 Å². The summed E-state index contributed by atoms with van der Waals surface area (Å²) >= 11 is 0. The summed E-state index contributed by atoms with van der Waals surface area (Å²) in [6.07, 6.45) is 7.08. The molecule has 4 aromatic rings. The van der Waals surface area contributed by atoms with E-state index in [2.05, 4.69) is 60.7 Å². The molecule has 2 atom stereocenters. The van der Waals surface area contributed by atoms with Gasteiger partial charge in [-0.05, 0) is 102 Å². The molecule has 0 saturated carbocycles. The molecule has 1 fully saturated rings. The predicted molar refractivity (Wildman–Crippen MR) is 209 cm³/mol. The smallest absolute Gasteiger partial charge is 0.339 e. The van der Waals surface area contributed by atoms with Crippen molar-refractivity contribution in [2.24, 2.45) is 0 Å². The zero-order valence-corrected chi connectivity index (χ0v) is 32.4. The van der Waals surface area contributed by atoms with Crippen molar-refractivity contribution in [1.82, 2.24) is 9.38 Å². The van der Waals surface area contributed by atoms with Gasteiger partial charge in [-0.2, -0.15) is 0 Å². The van der Waals surface area contributed by atoms with Crippen LogP contribution in [0.5, 0.6) is 11.5 Å². The number of piperidine rings is 1. The summed E-state index contributed by atoms with van der Waals surface area (Å²) in [5.41, 5.74) is 6.25. The number of aryl methyl sites for hydroxylation is 1. The van der Waals surface area contributed by atoms with Gasteiger partial charge in [-0.25, -0.2) is 9.78 Å². The van der Waals surface area contributed by atoms with Crippen LogP contribution >= 0.6 is 0 Å². The van der Waals surface area contributed by atoms with Gasteiger partial charge in [0.15, 0.2) is 6.10 Å². The highest BCUT2D eigenvalue weighted by Gasteiger charge is 2.38. The van der Waals surface area contributed by atoms with E-state index < -0.39 is 17.7 Å². The predicted octanol–water partition coefficient (Wildman–Crippen LogP) is 9.23. The molecule has 0 N–H and O–H groups in total. The average Bonchev–Trinajstić information content (AvgIpc) is 3.57. The summed E-state index contributed by atoms with van der Waals surface area (Å²) in [6, 6.07) is 14.2. The van der Waals surface area contributed by atoms with Gasteiger partial charge in [-0.3, -0.25) is 4.40 Å². The Morgan fingerprint density at radius 3 is 2.37 bits per heavy atom.